The van der Waals surface area contributed by atoms with Gasteiger partial charge in [0, 0.05) is 45.5 Å². The van der Waals surface area contributed by atoms with Crippen LogP contribution in [0.4, 0.5) is 5.13 Å². The molecule has 1 saturated heterocycles. The monoisotopic (exact) mass is 446 g/mol. The molecule has 8 nitrogen and oxygen atoms in total. The number of hydrogen-bond donors (Lipinski definition) is 1. The van der Waals surface area contributed by atoms with Gasteiger partial charge in [0.05, 0.1) is 21.3 Å². The molecule has 1 aliphatic rings. The zero-order chi connectivity index (χ0) is 21.3. The van der Waals surface area contributed by atoms with Crippen LogP contribution < -0.4 is 10.2 Å². The highest BCUT2D eigenvalue weighted by Crippen LogP contribution is 2.35. The second kappa shape index (κ2) is 8.73. The van der Waals surface area contributed by atoms with Crippen molar-refractivity contribution in [1.29, 1.82) is 0 Å². The molecule has 0 spiro atoms. The van der Waals surface area contributed by atoms with E-state index in [1.807, 2.05) is 11.0 Å². The van der Waals surface area contributed by atoms with Gasteiger partial charge in [0.15, 0.2) is 5.13 Å². The molecule has 30 heavy (non-hydrogen) atoms. The molecule has 0 aromatic carbocycles. The predicted molar refractivity (Wildman–Crippen MR) is 121 cm³/mol. The Morgan fingerprint density at radius 2 is 1.97 bits per heavy atom. The molecule has 0 saturated carbocycles. The number of carbonyl (C=O) groups is 2. The van der Waals surface area contributed by atoms with Crippen LogP contribution in [0.3, 0.4) is 0 Å². The first-order chi connectivity index (χ1) is 14.5. The van der Waals surface area contributed by atoms with E-state index in [-0.39, 0.29) is 17.9 Å². The third kappa shape index (κ3) is 4.20. The second-order valence-corrected chi connectivity index (χ2v) is 9.43. The van der Waals surface area contributed by atoms with Gasteiger partial charge < -0.3 is 15.1 Å². The van der Waals surface area contributed by atoms with Crippen molar-refractivity contribution < 1.29 is 9.59 Å². The Hall–Kier alpha value is -2.46. The maximum absolute atomic E-state index is 13.0. The van der Waals surface area contributed by atoms with E-state index in [0.717, 1.165) is 45.5 Å². The van der Waals surface area contributed by atoms with Crippen LogP contribution >= 0.6 is 22.7 Å². The van der Waals surface area contributed by atoms with E-state index in [4.69, 9.17) is 4.98 Å². The van der Waals surface area contributed by atoms with E-state index < -0.39 is 0 Å². The number of nitrogens with zero attached hydrogens (tertiary/aromatic N) is 5. The van der Waals surface area contributed by atoms with Crippen molar-refractivity contribution in [3.63, 3.8) is 0 Å². The Morgan fingerprint density at radius 1 is 1.23 bits per heavy atom. The van der Waals surface area contributed by atoms with Gasteiger partial charge in [-0.25, -0.2) is 4.98 Å². The molecule has 3 aromatic rings. The molecule has 4 rings (SSSR count). The zero-order valence-corrected chi connectivity index (χ0v) is 19.1. The highest BCUT2D eigenvalue weighted by molar-refractivity contribution is 7.29. The molecule has 1 N–H and O–H groups in total. The lowest BCUT2D eigenvalue weighted by molar-refractivity contribution is 0.0703. The van der Waals surface area contributed by atoms with Crippen molar-refractivity contribution in [2.24, 2.45) is 7.05 Å². The largest absolute Gasteiger partial charge is 0.349 e. The van der Waals surface area contributed by atoms with Crippen LogP contribution in [0.2, 0.25) is 0 Å². The fraction of sp³-hybridized carbons (Fsp3) is 0.500. The maximum atomic E-state index is 13.0. The van der Waals surface area contributed by atoms with Crippen LogP contribution in [0.15, 0.2) is 18.5 Å². The van der Waals surface area contributed by atoms with E-state index in [1.54, 1.807) is 35.5 Å². The van der Waals surface area contributed by atoms with Crippen molar-refractivity contribution in [3.05, 3.63) is 28.9 Å². The molecule has 0 unspecified atom stereocenters. The zero-order valence-electron chi connectivity index (χ0n) is 17.4. The summed E-state index contributed by atoms with van der Waals surface area (Å²) in [6.07, 6.45) is 4.77. The molecule has 2 amide bonds. The fourth-order valence-electron chi connectivity index (χ4n) is 3.65. The van der Waals surface area contributed by atoms with Crippen molar-refractivity contribution in [3.8, 4) is 0 Å². The Bertz CT molecular complexity index is 1010. The topological polar surface area (TPSA) is 83.4 Å². The Labute approximate surface area is 183 Å². The van der Waals surface area contributed by atoms with Gasteiger partial charge >= 0.3 is 0 Å². The SMILES string of the molecule is CCN(CC)c1nc2sc(C(=O)N3CCC(NC(=O)c4cnn(C)c4)CC3)cc2s1. The molecule has 4 heterocycles. The van der Waals surface area contributed by atoms with Crippen molar-refractivity contribution >= 4 is 49.1 Å². The molecule has 0 atom stereocenters. The van der Waals surface area contributed by atoms with Gasteiger partial charge in [-0.2, -0.15) is 5.10 Å². The van der Waals surface area contributed by atoms with Crippen molar-refractivity contribution in [2.75, 3.05) is 31.1 Å². The summed E-state index contributed by atoms with van der Waals surface area (Å²) in [6, 6.07) is 2.05. The van der Waals surface area contributed by atoms with E-state index in [2.05, 4.69) is 29.2 Å². The Balaban J connectivity index is 1.34. The number of hydrogen-bond acceptors (Lipinski definition) is 7. The number of likely N-dealkylation sites (tertiary alicyclic amines) is 1. The van der Waals surface area contributed by atoms with Crippen LogP contribution in [-0.2, 0) is 7.05 Å². The molecule has 1 aliphatic heterocycles. The number of amides is 2. The van der Waals surface area contributed by atoms with Gasteiger partial charge in [-0.3, -0.25) is 14.3 Å². The number of piperidine rings is 1. The number of anilines is 1. The third-order valence-electron chi connectivity index (χ3n) is 5.41. The summed E-state index contributed by atoms with van der Waals surface area (Å²) in [6.45, 7) is 7.37. The molecule has 160 valence electrons. The molecule has 3 aromatic heterocycles. The summed E-state index contributed by atoms with van der Waals surface area (Å²) >= 11 is 3.12. The van der Waals surface area contributed by atoms with E-state index in [0.29, 0.717) is 18.7 Å². The number of thiophene rings is 1. The highest BCUT2D eigenvalue weighted by Gasteiger charge is 2.26. The first-order valence-corrected chi connectivity index (χ1v) is 11.9. The number of rotatable bonds is 6. The Morgan fingerprint density at radius 3 is 2.57 bits per heavy atom. The van der Waals surface area contributed by atoms with Gasteiger partial charge in [-0.05, 0) is 32.8 Å². The fourth-order valence-corrected chi connectivity index (χ4v) is 5.95. The number of aromatic nitrogens is 3. The summed E-state index contributed by atoms with van der Waals surface area (Å²) in [4.78, 5) is 35.8. The van der Waals surface area contributed by atoms with Crippen LogP contribution in [-0.4, -0.2) is 63.7 Å². The summed E-state index contributed by atoms with van der Waals surface area (Å²) in [7, 11) is 1.79. The van der Waals surface area contributed by atoms with Gasteiger partial charge in [0.1, 0.15) is 4.83 Å². The smallest absolute Gasteiger partial charge is 0.264 e. The predicted octanol–water partition coefficient (Wildman–Crippen LogP) is 2.97. The normalized spacial score (nSPS) is 15.0. The summed E-state index contributed by atoms with van der Waals surface area (Å²) in [5.74, 6) is -0.0481. The number of thiazole rings is 1. The van der Waals surface area contributed by atoms with Crippen molar-refractivity contribution in [1.82, 2.24) is 25.0 Å². The average molecular weight is 447 g/mol. The minimum atomic E-state index is -0.110. The quantitative estimate of drug-likeness (QED) is 0.629. The first kappa shape index (κ1) is 20.8. The van der Waals surface area contributed by atoms with E-state index in [1.165, 1.54) is 11.3 Å². The lowest BCUT2D eigenvalue weighted by Gasteiger charge is -2.32. The third-order valence-corrected chi connectivity index (χ3v) is 7.62. The molecule has 0 radical (unpaired) electrons. The summed E-state index contributed by atoms with van der Waals surface area (Å²) in [5.41, 5.74) is 0.561. The van der Waals surface area contributed by atoms with Crippen LogP contribution in [0, 0.1) is 0 Å². The van der Waals surface area contributed by atoms with Gasteiger partial charge in [0.2, 0.25) is 0 Å². The molecule has 10 heteroatoms. The Kier molecular flexibility index (Phi) is 6.05. The van der Waals surface area contributed by atoms with Crippen LogP contribution in [0.25, 0.3) is 9.53 Å². The first-order valence-electron chi connectivity index (χ1n) is 10.2. The minimum absolute atomic E-state index is 0.0617. The number of carbonyl (C=O) groups excluding carboxylic acids is 2. The minimum Gasteiger partial charge on any atom is -0.349 e. The number of nitrogens with one attached hydrogen (secondary N) is 1. The molecule has 0 bridgehead atoms. The highest BCUT2D eigenvalue weighted by atomic mass is 32.1. The lowest BCUT2D eigenvalue weighted by atomic mass is 10.0. The number of aryl methyl sites for hydroxylation is 1. The average Bonchev–Trinajstić information content (AvgIpc) is 3.44. The maximum Gasteiger partial charge on any atom is 0.264 e. The van der Waals surface area contributed by atoms with Crippen LogP contribution in [0.1, 0.15) is 46.7 Å². The molecular formula is C20H26N6O2S2. The van der Waals surface area contributed by atoms with Gasteiger partial charge in [0.25, 0.3) is 11.8 Å². The van der Waals surface area contributed by atoms with E-state index >= 15 is 0 Å². The van der Waals surface area contributed by atoms with Gasteiger partial charge in [-0.15, -0.1) is 11.3 Å². The molecule has 1 fully saturated rings. The molecular weight excluding hydrogens is 420 g/mol. The number of fused-ring (bicyclic) bond motifs is 1. The lowest BCUT2D eigenvalue weighted by Crippen LogP contribution is -2.46. The van der Waals surface area contributed by atoms with Crippen LogP contribution in [0.5, 0.6) is 0 Å². The molecule has 0 aliphatic carbocycles. The van der Waals surface area contributed by atoms with Crippen molar-refractivity contribution in [2.45, 2.75) is 32.7 Å². The van der Waals surface area contributed by atoms with Gasteiger partial charge in [-0.1, -0.05) is 11.3 Å². The van der Waals surface area contributed by atoms with E-state index in [9.17, 15) is 9.59 Å². The summed E-state index contributed by atoms with van der Waals surface area (Å²) in [5, 5.41) is 8.11. The second-order valence-electron chi connectivity index (χ2n) is 7.39. The standard InChI is InChI=1S/C20H26N6O2S2/c1-4-25(5-2)20-23-18-15(30-20)10-16(29-18)19(28)26-8-6-14(7-9-26)22-17(27)13-11-21-24(3)12-13/h10-12,14H,4-9H2,1-3H3,(H,22,27). The summed E-state index contributed by atoms with van der Waals surface area (Å²) < 4.78 is 2.69.